The van der Waals surface area contributed by atoms with E-state index in [0.717, 1.165) is 15.9 Å². The second-order valence-electron chi connectivity index (χ2n) is 7.28. The fourth-order valence-corrected chi connectivity index (χ4v) is 5.14. The van der Waals surface area contributed by atoms with Crippen LogP contribution in [0.25, 0.3) is 6.08 Å². The van der Waals surface area contributed by atoms with Crippen molar-refractivity contribution in [3.63, 3.8) is 0 Å². The molecule has 2 heterocycles. The Morgan fingerprint density at radius 3 is 2.40 bits per heavy atom. The predicted octanol–water partition coefficient (Wildman–Crippen LogP) is 5.30. The van der Waals surface area contributed by atoms with Gasteiger partial charge in [0.25, 0.3) is 5.56 Å². The van der Waals surface area contributed by atoms with E-state index in [9.17, 15) is 22.8 Å². The summed E-state index contributed by atoms with van der Waals surface area (Å²) < 4.78 is 48.3. The van der Waals surface area contributed by atoms with E-state index in [2.05, 4.69) is 4.99 Å². The first-order valence-electron chi connectivity index (χ1n) is 10.0. The molecule has 0 N–H and O–H groups in total. The Labute approximate surface area is 215 Å². The lowest BCUT2D eigenvalue weighted by Gasteiger charge is -2.26. The molecule has 35 heavy (non-hydrogen) atoms. The van der Waals surface area contributed by atoms with Crippen LogP contribution in [0.4, 0.5) is 13.2 Å². The van der Waals surface area contributed by atoms with E-state index < -0.39 is 35.0 Å². The molecule has 1 aliphatic heterocycles. The number of hydrogen-bond acceptors (Lipinski definition) is 5. The highest BCUT2D eigenvalue weighted by molar-refractivity contribution is 7.07. The average Bonchev–Trinajstić information content (AvgIpc) is 3.10. The van der Waals surface area contributed by atoms with Crippen LogP contribution in [0, 0.1) is 0 Å². The number of rotatable bonds is 4. The number of carbonyl (C=O) groups excluding carboxylic acids is 1. The van der Waals surface area contributed by atoms with Crippen LogP contribution in [0.3, 0.4) is 0 Å². The molecule has 0 unspecified atom stereocenters. The number of ether oxygens (including phenoxy) is 1. The second kappa shape index (κ2) is 9.81. The minimum Gasteiger partial charge on any atom is -0.463 e. The maximum atomic E-state index is 14.1. The van der Waals surface area contributed by atoms with E-state index in [1.807, 2.05) is 0 Å². The van der Waals surface area contributed by atoms with Crippen molar-refractivity contribution in [2.75, 3.05) is 6.61 Å². The van der Waals surface area contributed by atoms with Crippen molar-refractivity contribution in [3.8, 4) is 0 Å². The van der Waals surface area contributed by atoms with Crippen molar-refractivity contribution >= 4 is 58.2 Å². The smallest absolute Gasteiger partial charge is 0.434 e. The molecule has 0 amide bonds. The van der Waals surface area contributed by atoms with Gasteiger partial charge in [-0.25, -0.2) is 9.79 Å². The molecule has 0 saturated heterocycles. The van der Waals surface area contributed by atoms with Crippen LogP contribution in [0.15, 0.2) is 63.5 Å². The van der Waals surface area contributed by atoms with Gasteiger partial charge in [0, 0.05) is 15.1 Å². The van der Waals surface area contributed by atoms with Crippen LogP contribution in [-0.4, -0.2) is 23.3 Å². The molecule has 0 spiro atoms. The third kappa shape index (κ3) is 5.04. The number of halogens is 6. The fourth-order valence-electron chi connectivity index (χ4n) is 3.56. The number of benzene rings is 2. The van der Waals surface area contributed by atoms with Gasteiger partial charge in [0.15, 0.2) is 10.5 Å². The first-order valence-corrected chi connectivity index (χ1v) is 12.0. The zero-order valence-electron chi connectivity index (χ0n) is 17.7. The number of esters is 1. The summed E-state index contributed by atoms with van der Waals surface area (Å²) >= 11 is 18.8. The maximum absolute atomic E-state index is 14.1. The summed E-state index contributed by atoms with van der Waals surface area (Å²) in [5.41, 5.74) is -2.20. The second-order valence-corrected chi connectivity index (χ2v) is 9.57. The molecule has 0 radical (unpaired) electrons. The summed E-state index contributed by atoms with van der Waals surface area (Å²) in [6.07, 6.45) is -3.55. The minimum atomic E-state index is -4.98. The summed E-state index contributed by atoms with van der Waals surface area (Å²) in [5, 5.41) is 0.960. The number of alkyl halides is 3. The summed E-state index contributed by atoms with van der Waals surface area (Å²) in [6.45, 7) is 1.30. The van der Waals surface area contributed by atoms with Gasteiger partial charge < -0.3 is 4.74 Å². The molecule has 2 aromatic carbocycles. The third-order valence-electron chi connectivity index (χ3n) is 5.03. The van der Waals surface area contributed by atoms with Gasteiger partial charge in [0.2, 0.25) is 0 Å². The largest absolute Gasteiger partial charge is 0.463 e. The van der Waals surface area contributed by atoms with Crippen LogP contribution in [0.2, 0.25) is 15.1 Å². The van der Waals surface area contributed by atoms with Crippen molar-refractivity contribution in [2.24, 2.45) is 4.99 Å². The Kier molecular flexibility index (Phi) is 7.15. The Bertz CT molecular complexity index is 1530. The maximum Gasteiger partial charge on any atom is 0.434 e. The summed E-state index contributed by atoms with van der Waals surface area (Å²) in [6, 6.07) is 8.97. The number of hydrogen-bond donors (Lipinski definition) is 0. The topological polar surface area (TPSA) is 60.7 Å². The van der Waals surface area contributed by atoms with Crippen molar-refractivity contribution in [3.05, 3.63) is 99.6 Å². The molecular weight excluding hydrogens is 548 g/mol. The van der Waals surface area contributed by atoms with Gasteiger partial charge in [-0.1, -0.05) is 64.3 Å². The minimum absolute atomic E-state index is 0.0681. The molecule has 0 fully saturated rings. The molecule has 0 bridgehead atoms. The highest BCUT2D eigenvalue weighted by Gasteiger charge is 2.45. The quantitative estimate of drug-likeness (QED) is 0.406. The number of carbonyl (C=O) groups is 1. The zero-order valence-corrected chi connectivity index (χ0v) is 20.8. The van der Waals surface area contributed by atoms with Gasteiger partial charge >= 0.3 is 12.1 Å². The lowest BCUT2D eigenvalue weighted by atomic mass is 9.95. The third-order valence-corrected chi connectivity index (χ3v) is 6.83. The van der Waals surface area contributed by atoms with Crippen LogP contribution in [-0.2, 0) is 9.53 Å². The predicted molar refractivity (Wildman–Crippen MR) is 129 cm³/mol. The molecule has 1 aromatic heterocycles. The molecule has 0 saturated carbocycles. The Balaban J connectivity index is 2.05. The normalized spacial score (nSPS) is 16.2. The van der Waals surface area contributed by atoms with Crippen LogP contribution < -0.4 is 14.9 Å². The van der Waals surface area contributed by atoms with Gasteiger partial charge in [0.1, 0.15) is 0 Å². The summed E-state index contributed by atoms with van der Waals surface area (Å²) in [7, 11) is 0. The molecule has 182 valence electrons. The number of nitrogens with zero attached hydrogens (tertiary/aromatic N) is 2. The van der Waals surface area contributed by atoms with Gasteiger partial charge in [0.05, 0.1) is 22.8 Å². The number of fused-ring (bicyclic) bond motifs is 1. The number of thiazole rings is 1. The molecule has 5 nitrogen and oxygen atoms in total. The van der Waals surface area contributed by atoms with E-state index in [-0.39, 0.29) is 26.5 Å². The Morgan fingerprint density at radius 2 is 1.80 bits per heavy atom. The lowest BCUT2D eigenvalue weighted by Crippen LogP contribution is -2.41. The SMILES string of the molecule is CCOC(=O)C1=C(C(F)(F)F)N=c2s/c(=C\c3ccc(Cl)cc3Cl)c(=O)n2[C@H]1c1ccc(Cl)cc1. The standard InChI is InChI=1S/C23H14Cl3F3N2O3S/c1-2-34-21(33)17-18(11-3-6-13(24)7-4-11)31-20(32)16(9-12-5-8-14(25)10-15(12)26)35-22(31)30-19(17)23(27,28)29/h3-10,18H,2H2,1H3/b16-9-/t18-/m0/s1. The molecule has 4 rings (SSSR count). The lowest BCUT2D eigenvalue weighted by molar-refractivity contribution is -0.140. The number of aromatic nitrogens is 1. The van der Waals surface area contributed by atoms with Crippen molar-refractivity contribution < 1.29 is 22.7 Å². The zero-order chi connectivity index (χ0) is 25.5. The van der Waals surface area contributed by atoms with Crippen molar-refractivity contribution in [2.45, 2.75) is 19.1 Å². The summed E-state index contributed by atoms with van der Waals surface area (Å²) in [4.78, 5) is 29.7. The van der Waals surface area contributed by atoms with Gasteiger partial charge in [-0.05, 0) is 48.4 Å². The van der Waals surface area contributed by atoms with Crippen LogP contribution in [0.5, 0.6) is 0 Å². The molecule has 12 heteroatoms. The van der Waals surface area contributed by atoms with E-state index in [0.29, 0.717) is 15.6 Å². The molecule has 0 aliphatic carbocycles. The number of allylic oxidation sites excluding steroid dienone is 1. The Hall–Kier alpha value is -2.59. The average molecular weight is 562 g/mol. The molecule has 1 atom stereocenters. The van der Waals surface area contributed by atoms with E-state index in [4.69, 9.17) is 39.5 Å². The van der Waals surface area contributed by atoms with Crippen LogP contribution >= 0.6 is 46.1 Å². The highest BCUT2D eigenvalue weighted by Crippen LogP contribution is 2.38. The van der Waals surface area contributed by atoms with E-state index in [1.54, 1.807) is 12.1 Å². The van der Waals surface area contributed by atoms with Crippen LogP contribution in [0.1, 0.15) is 24.1 Å². The van der Waals surface area contributed by atoms with E-state index >= 15 is 0 Å². The molecule has 1 aliphatic rings. The summed E-state index contributed by atoms with van der Waals surface area (Å²) in [5.74, 6) is -1.22. The van der Waals surface area contributed by atoms with Gasteiger partial charge in [-0.2, -0.15) is 13.2 Å². The fraction of sp³-hybridized carbons (Fsp3) is 0.174. The molecular formula is C23H14Cl3F3N2O3S. The first-order chi connectivity index (χ1) is 16.5. The first kappa shape index (κ1) is 25.5. The Morgan fingerprint density at radius 1 is 1.14 bits per heavy atom. The molecule has 3 aromatic rings. The highest BCUT2D eigenvalue weighted by atomic mass is 35.5. The monoisotopic (exact) mass is 560 g/mol. The van der Waals surface area contributed by atoms with Crippen molar-refractivity contribution in [1.82, 2.24) is 4.57 Å². The van der Waals surface area contributed by atoms with Crippen molar-refractivity contribution in [1.29, 1.82) is 0 Å². The van der Waals surface area contributed by atoms with E-state index in [1.165, 1.54) is 43.3 Å². The van der Waals surface area contributed by atoms with Gasteiger partial charge in [-0.3, -0.25) is 9.36 Å². The van der Waals surface area contributed by atoms with Gasteiger partial charge in [-0.15, -0.1) is 0 Å².